The minimum atomic E-state index is -0.0460. The SMILES string of the molecule is CCOC1(Cc2ccc3occc(=O)c3c2)CCCCC1. The topological polar surface area (TPSA) is 39.4 Å². The smallest absolute Gasteiger partial charge is 0.192 e. The Labute approximate surface area is 124 Å². The van der Waals surface area contributed by atoms with Crippen molar-refractivity contribution in [1.82, 2.24) is 0 Å². The van der Waals surface area contributed by atoms with E-state index < -0.39 is 0 Å². The summed E-state index contributed by atoms with van der Waals surface area (Å²) in [7, 11) is 0. The van der Waals surface area contributed by atoms with E-state index >= 15 is 0 Å². The van der Waals surface area contributed by atoms with Gasteiger partial charge in [-0.3, -0.25) is 4.79 Å². The molecule has 1 aliphatic carbocycles. The van der Waals surface area contributed by atoms with E-state index in [-0.39, 0.29) is 11.0 Å². The molecule has 1 aliphatic rings. The molecule has 0 saturated heterocycles. The second kappa shape index (κ2) is 6.02. The molecule has 0 amide bonds. The molecule has 0 N–H and O–H groups in total. The molecule has 1 heterocycles. The number of ether oxygens (including phenoxy) is 1. The van der Waals surface area contributed by atoms with Crippen LogP contribution in [0.5, 0.6) is 0 Å². The van der Waals surface area contributed by atoms with Gasteiger partial charge in [0.1, 0.15) is 5.58 Å². The van der Waals surface area contributed by atoms with Crippen LogP contribution in [0.3, 0.4) is 0 Å². The maximum absolute atomic E-state index is 11.9. The van der Waals surface area contributed by atoms with Gasteiger partial charge in [-0.25, -0.2) is 0 Å². The van der Waals surface area contributed by atoms with Crippen LogP contribution < -0.4 is 5.43 Å². The number of fused-ring (bicyclic) bond motifs is 1. The van der Waals surface area contributed by atoms with Gasteiger partial charge >= 0.3 is 0 Å². The minimum absolute atomic E-state index is 0.0206. The lowest BCUT2D eigenvalue weighted by molar-refractivity contribution is -0.0640. The largest absolute Gasteiger partial charge is 0.464 e. The summed E-state index contributed by atoms with van der Waals surface area (Å²) in [6.07, 6.45) is 8.32. The molecular formula is C18H22O3. The minimum Gasteiger partial charge on any atom is -0.464 e. The van der Waals surface area contributed by atoms with Gasteiger partial charge in [0.05, 0.1) is 17.3 Å². The van der Waals surface area contributed by atoms with Crippen molar-refractivity contribution in [3.63, 3.8) is 0 Å². The molecule has 1 saturated carbocycles. The molecule has 0 atom stereocenters. The van der Waals surface area contributed by atoms with E-state index in [0.717, 1.165) is 31.4 Å². The molecule has 1 fully saturated rings. The lowest BCUT2D eigenvalue weighted by atomic mass is 9.80. The summed E-state index contributed by atoms with van der Waals surface area (Å²) in [6.45, 7) is 2.81. The Morgan fingerprint density at radius 2 is 2.00 bits per heavy atom. The number of hydrogen-bond donors (Lipinski definition) is 0. The molecule has 112 valence electrons. The molecule has 0 aliphatic heterocycles. The standard InChI is InChI=1S/C18H22O3/c1-2-21-18(9-4-3-5-10-18)13-14-6-7-17-15(12-14)16(19)8-11-20-17/h6-8,11-12H,2-5,9-10,13H2,1H3. The van der Waals surface area contributed by atoms with Crippen LogP contribution in [0.1, 0.15) is 44.6 Å². The molecule has 0 unspecified atom stereocenters. The average molecular weight is 286 g/mol. The van der Waals surface area contributed by atoms with Gasteiger partial charge in [0, 0.05) is 19.1 Å². The second-order valence-corrected chi connectivity index (χ2v) is 5.97. The predicted molar refractivity (Wildman–Crippen MR) is 83.6 cm³/mol. The van der Waals surface area contributed by atoms with Crippen molar-refractivity contribution in [1.29, 1.82) is 0 Å². The van der Waals surface area contributed by atoms with Gasteiger partial charge in [-0.1, -0.05) is 25.3 Å². The highest BCUT2D eigenvalue weighted by Crippen LogP contribution is 2.35. The number of hydrogen-bond acceptors (Lipinski definition) is 3. The lowest BCUT2D eigenvalue weighted by Crippen LogP contribution is -2.37. The van der Waals surface area contributed by atoms with Crippen molar-refractivity contribution in [2.45, 2.75) is 51.0 Å². The third kappa shape index (κ3) is 3.03. The van der Waals surface area contributed by atoms with Crippen molar-refractivity contribution >= 4 is 11.0 Å². The van der Waals surface area contributed by atoms with Crippen molar-refractivity contribution < 1.29 is 9.15 Å². The van der Waals surface area contributed by atoms with Crippen molar-refractivity contribution in [3.05, 3.63) is 46.3 Å². The van der Waals surface area contributed by atoms with Crippen LogP contribution in [0, 0.1) is 0 Å². The Kier molecular flexibility index (Phi) is 4.11. The van der Waals surface area contributed by atoms with Crippen LogP contribution in [-0.4, -0.2) is 12.2 Å². The van der Waals surface area contributed by atoms with Crippen LogP contribution in [0.15, 0.2) is 39.7 Å². The Bertz CT molecular complexity index is 660. The molecule has 0 bridgehead atoms. The Hall–Kier alpha value is -1.61. The fourth-order valence-electron chi connectivity index (χ4n) is 3.49. The molecule has 3 nitrogen and oxygen atoms in total. The monoisotopic (exact) mass is 286 g/mol. The summed E-state index contributed by atoms with van der Waals surface area (Å²) in [5.74, 6) is 0. The molecule has 3 heteroatoms. The van der Waals surface area contributed by atoms with E-state index in [0.29, 0.717) is 11.0 Å². The molecule has 1 aromatic carbocycles. The lowest BCUT2D eigenvalue weighted by Gasteiger charge is -2.37. The third-order valence-electron chi connectivity index (χ3n) is 4.47. The van der Waals surface area contributed by atoms with E-state index in [1.165, 1.54) is 31.6 Å². The first-order valence-electron chi connectivity index (χ1n) is 7.87. The second-order valence-electron chi connectivity index (χ2n) is 5.97. The Morgan fingerprint density at radius 1 is 1.19 bits per heavy atom. The van der Waals surface area contributed by atoms with Gasteiger partial charge in [0.15, 0.2) is 5.43 Å². The molecule has 0 radical (unpaired) electrons. The molecular weight excluding hydrogens is 264 g/mol. The van der Waals surface area contributed by atoms with Gasteiger partial charge in [0.2, 0.25) is 0 Å². The molecule has 2 aromatic rings. The number of benzene rings is 1. The predicted octanol–water partition coefficient (Wildman–Crippen LogP) is 4.07. The van der Waals surface area contributed by atoms with Gasteiger partial charge in [-0.2, -0.15) is 0 Å². The Balaban J connectivity index is 1.92. The van der Waals surface area contributed by atoms with E-state index in [1.807, 2.05) is 12.1 Å². The summed E-state index contributed by atoms with van der Waals surface area (Å²) in [4.78, 5) is 11.9. The summed E-state index contributed by atoms with van der Waals surface area (Å²) in [5, 5.41) is 0.664. The Morgan fingerprint density at radius 3 is 2.76 bits per heavy atom. The highest BCUT2D eigenvalue weighted by atomic mass is 16.5. The first-order valence-corrected chi connectivity index (χ1v) is 7.87. The van der Waals surface area contributed by atoms with Crippen LogP contribution in [0.25, 0.3) is 11.0 Å². The molecule has 1 aromatic heterocycles. The zero-order valence-electron chi connectivity index (χ0n) is 12.6. The van der Waals surface area contributed by atoms with Gasteiger partial charge in [0.25, 0.3) is 0 Å². The molecule has 21 heavy (non-hydrogen) atoms. The van der Waals surface area contributed by atoms with E-state index in [2.05, 4.69) is 13.0 Å². The summed E-state index contributed by atoms with van der Waals surface area (Å²) < 4.78 is 11.5. The molecule has 0 spiro atoms. The average Bonchev–Trinajstić information content (AvgIpc) is 2.49. The highest BCUT2D eigenvalue weighted by Gasteiger charge is 2.32. The van der Waals surface area contributed by atoms with Gasteiger partial charge in [-0.05, 0) is 37.5 Å². The third-order valence-corrected chi connectivity index (χ3v) is 4.47. The zero-order valence-corrected chi connectivity index (χ0v) is 12.6. The van der Waals surface area contributed by atoms with Gasteiger partial charge in [-0.15, -0.1) is 0 Å². The van der Waals surface area contributed by atoms with Crippen LogP contribution in [-0.2, 0) is 11.2 Å². The van der Waals surface area contributed by atoms with E-state index in [1.54, 1.807) is 0 Å². The first kappa shape index (κ1) is 14.3. The van der Waals surface area contributed by atoms with E-state index in [4.69, 9.17) is 9.15 Å². The fourth-order valence-corrected chi connectivity index (χ4v) is 3.49. The van der Waals surface area contributed by atoms with Crippen LogP contribution in [0.4, 0.5) is 0 Å². The maximum Gasteiger partial charge on any atom is 0.192 e. The van der Waals surface area contributed by atoms with Crippen LogP contribution >= 0.6 is 0 Å². The van der Waals surface area contributed by atoms with Crippen molar-refractivity contribution in [2.24, 2.45) is 0 Å². The van der Waals surface area contributed by atoms with Crippen LogP contribution in [0.2, 0.25) is 0 Å². The normalized spacial score (nSPS) is 18.0. The zero-order chi connectivity index (χ0) is 14.7. The maximum atomic E-state index is 11.9. The molecule has 3 rings (SSSR count). The van der Waals surface area contributed by atoms with Gasteiger partial charge < -0.3 is 9.15 Å². The summed E-state index contributed by atoms with van der Waals surface area (Å²) >= 11 is 0. The number of rotatable bonds is 4. The highest BCUT2D eigenvalue weighted by molar-refractivity contribution is 5.76. The fraction of sp³-hybridized carbons (Fsp3) is 0.500. The van der Waals surface area contributed by atoms with Crippen molar-refractivity contribution in [2.75, 3.05) is 6.61 Å². The van der Waals surface area contributed by atoms with Crippen molar-refractivity contribution in [3.8, 4) is 0 Å². The first-order chi connectivity index (χ1) is 10.2. The summed E-state index contributed by atoms with van der Waals surface area (Å²) in [6, 6.07) is 7.40. The quantitative estimate of drug-likeness (QED) is 0.850. The summed E-state index contributed by atoms with van der Waals surface area (Å²) in [5.41, 5.74) is 1.79. The van der Waals surface area contributed by atoms with E-state index in [9.17, 15) is 4.79 Å².